The molecule has 0 bridgehead atoms. The Morgan fingerprint density at radius 2 is 2.05 bits per heavy atom. The second kappa shape index (κ2) is 5.49. The SMILES string of the molecule is CCN(c1cc(NN)nc(N)n1)c1ccccc1F. The summed E-state index contributed by atoms with van der Waals surface area (Å²) in [7, 11) is 0. The molecule has 0 atom stereocenters. The number of hydrazine groups is 1. The summed E-state index contributed by atoms with van der Waals surface area (Å²) < 4.78 is 13.8. The zero-order valence-corrected chi connectivity index (χ0v) is 10.5. The highest BCUT2D eigenvalue weighted by atomic mass is 19.1. The molecule has 6 nitrogen and oxygen atoms in total. The van der Waals surface area contributed by atoms with Gasteiger partial charge in [0, 0.05) is 12.6 Å². The second-order valence-corrected chi connectivity index (χ2v) is 3.81. The first kappa shape index (κ1) is 13.0. The zero-order valence-electron chi connectivity index (χ0n) is 10.5. The predicted molar refractivity (Wildman–Crippen MR) is 73.3 cm³/mol. The first-order chi connectivity index (χ1) is 9.15. The molecular weight excluding hydrogens is 247 g/mol. The Labute approximate surface area is 110 Å². The maximum absolute atomic E-state index is 13.8. The smallest absolute Gasteiger partial charge is 0.224 e. The molecule has 0 spiro atoms. The Bertz CT molecular complexity index is 574. The first-order valence-corrected chi connectivity index (χ1v) is 5.79. The van der Waals surface area contributed by atoms with Gasteiger partial charge in [0.1, 0.15) is 17.5 Å². The van der Waals surface area contributed by atoms with E-state index >= 15 is 0 Å². The van der Waals surface area contributed by atoms with Crippen LogP contribution >= 0.6 is 0 Å². The number of aromatic nitrogens is 2. The van der Waals surface area contributed by atoms with Crippen LogP contribution in [0.5, 0.6) is 0 Å². The largest absolute Gasteiger partial charge is 0.368 e. The second-order valence-electron chi connectivity index (χ2n) is 3.81. The van der Waals surface area contributed by atoms with Crippen molar-refractivity contribution in [2.45, 2.75) is 6.92 Å². The summed E-state index contributed by atoms with van der Waals surface area (Å²) in [6.45, 7) is 2.42. The average molecular weight is 262 g/mol. The van der Waals surface area contributed by atoms with E-state index in [1.165, 1.54) is 6.07 Å². The van der Waals surface area contributed by atoms with E-state index in [9.17, 15) is 4.39 Å². The third-order valence-electron chi connectivity index (χ3n) is 2.61. The number of nitrogens with one attached hydrogen (secondary N) is 1. The Morgan fingerprint density at radius 1 is 1.32 bits per heavy atom. The van der Waals surface area contributed by atoms with E-state index in [1.807, 2.05) is 6.92 Å². The maximum Gasteiger partial charge on any atom is 0.224 e. The molecule has 1 aromatic carbocycles. The lowest BCUT2D eigenvalue weighted by Crippen LogP contribution is -2.20. The lowest BCUT2D eigenvalue weighted by Gasteiger charge is -2.23. The van der Waals surface area contributed by atoms with Crippen LogP contribution in [0, 0.1) is 5.82 Å². The van der Waals surface area contributed by atoms with Crippen LogP contribution in [0.15, 0.2) is 30.3 Å². The summed E-state index contributed by atoms with van der Waals surface area (Å²) in [6, 6.07) is 8.06. The Morgan fingerprint density at radius 3 is 2.68 bits per heavy atom. The van der Waals surface area contributed by atoms with Crippen molar-refractivity contribution >= 4 is 23.3 Å². The van der Waals surface area contributed by atoms with E-state index in [2.05, 4.69) is 15.4 Å². The minimum Gasteiger partial charge on any atom is -0.368 e. The third kappa shape index (κ3) is 2.71. The number of para-hydroxylation sites is 1. The van der Waals surface area contributed by atoms with Crippen molar-refractivity contribution in [3.8, 4) is 0 Å². The third-order valence-corrected chi connectivity index (χ3v) is 2.61. The Hall–Kier alpha value is -2.41. The Balaban J connectivity index is 2.48. The maximum atomic E-state index is 13.8. The van der Waals surface area contributed by atoms with E-state index in [-0.39, 0.29) is 11.8 Å². The van der Waals surface area contributed by atoms with E-state index in [1.54, 1.807) is 29.2 Å². The number of nitrogen functional groups attached to an aromatic ring is 2. The van der Waals surface area contributed by atoms with Gasteiger partial charge in [-0.25, -0.2) is 10.2 Å². The predicted octanol–water partition coefficient (Wildman–Crippen LogP) is 1.64. The van der Waals surface area contributed by atoms with Gasteiger partial charge in [-0.3, -0.25) is 0 Å². The highest BCUT2D eigenvalue weighted by Crippen LogP contribution is 2.27. The first-order valence-electron chi connectivity index (χ1n) is 5.79. The van der Waals surface area contributed by atoms with Crippen molar-refractivity contribution in [1.82, 2.24) is 9.97 Å². The number of hydrogen-bond acceptors (Lipinski definition) is 6. The molecule has 0 aliphatic heterocycles. The van der Waals surface area contributed by atoms with Gasteiger partial charge in [-0.05, 0) is 19.1 Å². The van der Waals surface area contributed by atoms with Gasteiger partial charge in [0.05, 0.1) is 5.69 Å². The molecule has 1 aromatic heterocycles. The number of benzene rings is 1. The van der Waals surface area contributed by atoms with Crippen LogP contribution in [0.25, 0.3) is 0 Å². The topological polar surface area (TPSA) is 93.1 Å². The molecule has 0 fully saturated rings. The van der Waals surface area contributed by atoms with Crippen LogP contribution < -0.4 is 21.9 Å². The standard InChI is InChI=1S/C12H15FN6/c1-2-19(9-6-4-3-5-8(9)13)11-7-10(18-15)16-12(14)17-11/h3-7H,2,15H2,1H3,(H3,14,16,17,18). The van der Waals surface area contributed by atoms with Gasteiger partial charge in [0.15, 0.2) is 0 Å². The molecular formula is C12H15FN6. The van der Waals surface area contributed by atoms with Crippen molar-refractivity contribution in [2.75, 3.05) is 22.6 Å². The molecule has 0 aliphatic rings. The molecule has 0 unspecified atom stereocenters. The summed E-state index contributed by atoms with van der Waals surface area (Å²) in [4.78, 5) is 9.68. The summed E-state index contributed by atoms with van der Waals surface area (Å²) in [5.74, 6) is 5.90. The summed E-state index contributed by atoms with van der Waals surface area (Å²) in [6.07, 6.45) is 0. The minimum absolute atomic E-state index is 0.0697. The summed E-state index contributed by atoms with van der Waals surface area (Å²) >= 11 is 0. The molecule has 100 valence electrons. The van der Waals surface area contributed by atoms with E-state index in [0.29, 0.717) is 23.9 Å². The molecule has 1 heterocycles. The van der Waals surface area contributed by atoms with Crippen LogP contribution in [-0.4, -0.2) is 16.5 Å². The molecule has 0 radical (unpaired) electrons. The summed E-state index contributed by atoms with van der Waals surface area (Å²) in [5, 5.41) is 0. The highest BCUT2D eigenvalue weighted by molar-refractivity contribution is 5.64. The van der Waals surface area contributed by atoms with E-state index in [4.69, 9.17) is 11.6 Å². The number of nitrogens with two attached hydrogens (primary N) is 2. The van der Waals surface area contributed by atoms with Crippen LogP contribution in [0.2, 0.25) is 0 Å². The van der Waals surface area contributed by atoms with Gasteiger partial charge in [0.2, 0.25) is 5.95 Å². The monoisotopic (exact) mass is 262 g/mol. The molecule has 2 rings (SSSR count). The molecule has 19 heavy (non-hydrogen) atoms. The number of rotatable bonds is 4. The van der Waals surface area contributed by atoms with Gasteiger partial charge in [-0.2, -0.15) is 9.97 Å². The van der Waals surface area contributed by atoms with Crippen molar-refractivity contribution in [3.63, 3.8) is 0 Å². The fraction of sp³-hybridized carbons (Fsp3) is 0.167. The molecule has 0 aliphatic carbocycles. The van der Waals surface area contributed by atoms with E-state index < -0.39 is 0 Å². The van der Waals surface area contributed by atoms with Gasteiger partial charge in [0.25, 0.3) is 0 Å². The van der Waals surface area contributed by atoms with Crippen LogP contribution in [-0.2, 0) is 0 Å². The lowest BCUT2D eigenvalue weighted by atomic mass is 10.2. The van der Waals surface area contributed by atoms with Crippen LogP contribution in [0.3, 0.4) is 0 Å². The van der Waals surface area contributed by atoms with Crippen LogP contribution in [0.4, 0.5) is 27.7 Å². The van der Waals surface area contributed by atoms with Gasteiger partial charge in [-0.15, -0.1) is 0 Å². The lowest BCUT2D eigenvalue weighted by molar-refractivity contribution is 0.625. The number of nitrogens with zero attached hydrogens (tertiary/aromatic N) is 3. The van der Waals surface area contributed by atoms with Gasteiger partial charge >= 0.3 is 0 Å². The van der Waals surface area contributed by atoms with Crippen LogP contribution in [0.1, 0.15) is 6.92 Å². The quantitative estimate of drug-likeness (QED) is 0.573. The minimum atomic E-state index is -0.330. The molecule has 0 saturated heterocycles. The number of halogens is 1. The Kier molecular flexibility index (Phi) is 3.76. The fourth-order valence-corrected chi connectivity index (χ4v) is 1.79. The normalized spacial score (nSPS) is 10.3. The van der Waals surface area contributed by atoms with Crippen molar-refractivity contribution < 1.29 is 4.39 Å². The van der Waals surface area contributed by atoms with Crippen molar-refractivity contribution in [1.29, 1.82) is 0 Å². The number of anilines is 4. The molecule has 0 amide bonds. The zero-order chi connectivity index (χ0) is 13.8. The van der Waals surface area contributed by atoms with Crippen molar-refractivity contribution in [3.05, 3.63) is 36.1 Å². The molecule has 5 N–H and O–H groups in total. The molecule has 0 saturated carbocycles. The highest BCUT2D eigenvalue weighted by Gasteiger charge is 2.14. The molecule has 7 heteroatoms. The fourth-order valence-electron chi connectivity index (χ4n) is 1.79. The van der Waals surface area contributed by atoms with Crippen molar-refractivity contribution in [2.24, 2.45) is 5.84 Å². The van der Waals surface area contributed by atoms with Gasteiger partial charge < -0.3 is 16.1 Å². The van der Waals surface area contributed by atoms with Gasteiger partial charge in [-0.1, -0.05) is 12.1 Å². The average Bonchev–Trinajstić information content (AvgIpc) is 2.41. The van der Waals surface area contributed by atoms with E-state index in [0.717, 1.165) is 0 Å². The molecule has 2 aromatic rings. The number of hydrogen-bond donors (Lipinski definition) is 3. The summed E-state index contributed by atoms with van der Waals surface area (Å²) in [5.41, 5.74) is 8.43.